The van der Waals surface area contributed by atoms with E-state index in [1.54, 1.807) is 0 Å². The van der Waals surface area contributed by atoms with E-state index in [4.69, 9.17) is 15.0 Å². The molecule has 0 spiro atoms. The Balaban J connectivity index is 0.00000306. The number of carbonyl (C=O) groups excluding carboxylic acids is 1. The van der Waals surface area contributed by atoms with Gasteiger partial charge in [0.2, 0.25) is 0 Å². The first-order valence-corrected chi connectivity index (χ1v) is 12.4. The average molecular weight is 478 g/mol. The van der Waals surface area contributed by atoms with Crippen molar-refractivity contribution >= 4 is 13.0 Å². The molecule has 0 aromatic heterocycles. The second kappa shape index (κ2) is 10.7. The van der Waals surface area contributed by atoms with Crippen LogP contribution in [-0.2, 0) is 20.5 Å². The van der Waals surface area contributed by atoms with Crippen LogP contribution in [0.15, 0.2) is 30.3 Å². The van der Waals surface area contributed by atoms with E-state index in [1.807, 2.05) is 6.07 Å². The predicted molar refractivity (Wildman–Crippen MR) is 127 cm³/mol. The number of carbonyl (C=O) groups is 1. The van der Waals surface area contributed by atoms with Crippen LogP contribution in [0.4, 0.5) is 0 Å². The minimum absolute atomic E-state index is 0. The van der Waals surface area contributed by atoms with Crippen LogP contribution in [-0.4, -0.2) is 43.9 Å². The molecule has 1 aromatic rings. The van der Waals surface area contributed by atoms with Gasteiger partial charge in [-0.25, -0.2) is 0 Å². The summed E-state index contributed by atoms with van der Waals surface area (Å²) in [5.74, 6) is 1.31. The molecule has 2 bridgehead atoms. The lowest BCUT2D eigenvalue weighted by Gasteiger charge is -2.64. The van der Waals surface area contributed by atoms with Crippen LogP contribution in [0, 0.1) is 17.3 Å². The molecule has 1 amide bonds. The molecular formula is C25H41BClN3O3. The molecule has 1 aliphatic heterocycles. The van der Waals surface area contributed by atoms with Gasteiger partial charge < -0.3 is 38.5 Å². The summed E-state index contributed by atoms with van der Waals surface area (Å²) in [7, 11) is -0.304. The molecule has 6 N–H and O–H groups in total. The average Bonchev–Trinajstić information content (AvgIpc) is 3.14. The Bertz CT molecular complexity index is 798. The van der Waals surface area contributed by atoms with E-state index in [0.29, 0.717) is 24.4 Å². The molecule has 8 heteroatoms. The number of hydrogen-bond donors (Lipinski definition) is 3. The van der Waals surface area contributed by atoms with Gasteiger partial charge in [0.1, 0.15) is 0 Å². The maximum absolute atomic E-state index is 12.7. The van der Waals surface area contributed by atoms with E-state index in [0.717, 1.165) is 38.0 Å². The Morgan fingerprint density at radius 1 is 1.24 bits per heavy atom. The molecule has 1 saturated heterocycles. The van der Waals surface area contributed by atoms with Crippen molar-refractivity contribution in [3.05, 3.63) is 35.9 Å². The highest BCUT2D eigenvalue weighted by molar-refractivity contribution is 6.47. The molecule has 4 fully saturated rings. The van der Waals surface area contributed by atoms with Gasteiger partial charge in [0.05, 0.1) is 11.7 Å². The second-order valence-electron chi connectivity index (χ2n) is 11.0. The largest absolute Gasteiger partial charge is 1.00 e. The summed E-state index contributed by atoms with van der Waals surface area (Å²) in [6, 6.07) is 10.2. The van der Waals surface area contributed by atoms with Gasteiger partial charge in [-0.1, -0.05) is 44.2 Å². The van der Waals surface area contributed by atoms with Gasteiger partial charge in [0, 0.05) is 18.8 Å². The molecule has 4 aliphatic rings. The number of amides is 1. The first-order chi connectivity index (χ1) is 15.3. The van der Waals surface area contributed by atoms with E-state index in [-0.39, 0.29) is 49.0 Å². The van der Waals surface area contributed by atoms with Crippen molar-refractivity contribution in [3.8, 4) is 0 Å². The van der Waals surface area contributed by atoms with Crippen molar-refractivity contribution in [1.82, 2.24) is 5.32 Å². The Morgan fingerprint density at radius 3 is 2.64 bits per heavy atom. The molecule has 184 valence electrons. The van der Waals surface area contributed by atoms with Gasteiger partial charge in [-0.2, -0.15) is 0 Å². The molecule has 0 radical (unpaired) electrons. The summed E-state index contributed by atoms with van der Waals surface area (Å²) >= 11 is 0. The number of unbranched alkanes of at least 4 members (excludes halogenated alkanes) is 1. The van der Waals surface area contributed by atoms with E-state index in [9.17, 15) is 4.79 Å². The monoisotopic (exact) mass is 477 g/mol. The zero-order valence-electron chi connectivity index (χ0n) is 20.4. The third-order valence-electron chi connectivity index (χ3n) is 8.61. The highest BCUT2D eigenvalue weighted by Gasteiger charge is 2.68. The van der Waals surface area contributed by atoms with Crippen molar-refractivity contribution < 1.29 is 32.2 Å². The van der Waals surface area contributed by atoms with E-state index in [2.05, 4.69) is 56.1 Å². The molecule has 33 heavy (non-hydrogen) atoms. The fourth-order valence-corrected chi connectivity index (χ4v) is 6.33. The third kappa shape index (κ3) is 5.28. The van der Waals surface area contributed by atoms with Crippen LogP contribution in [0.2, 0.25) is 5.82 Å². The normalized spacial score (nSPS) is 31.1. The fourth-order valence-electron chi connectivity index (χ4n) is 6.33. The molecule has 1 unspecified atom stereocenters. The number of hydrogen-bond acceptors (Lipinski definition) is 4. The summed E-state index contributed by atoms with van der Waals surface area (Å²) in [5, 5.41) is 3.15. The van der Waals surface area contributed by atoms with Gasteiger partial charge in [-0.3, -0.25) is 4.79 Å². The highest BCUT2D eigenvalue weighted by atomic mass is 35.5. The number of nitrogens with two attached hydrogens (primary N) is 1. The molecule has 3 saturated carbocycles. The SMILES string of the molecule is CC1(C)[C@@H]2C[C@H]3OB(C(CNC(=O)[C@@H]([NH3+])CCCCN)Cc4ccccc4)O[C@@]3(C)[C@H]1C2.[Cl-]. The summed E-state index contributed by atoms with van der Waals surface area (Å²) in [4.78, 5) is 12.7. The lowest BCUT2D eigenvalue weighted by Crippen LogP contribution is -3.00. The second-order valence-corrected chi connectivity index (χ2v) is 11.0. The van der Waals surface area contributed by atoms with E-state index in [1.165, 1.54) is 12.0 Å². The summed E-state index contributed by atoms with van der Waals surface area (Å²) in [6.07, 6.45) is 5.89. The third-order valence-corrected chi connectivity index (χ3v) is 8.61. The van der Waals surface area contributed by atoms with Crippen molar-refractivity contribution in [3.63, 3.8) is 0 Å². The minimum Gasteiger partial charge on any atom is -1.00 e. The summed E-state index contributed by atoms with van der Waals surface area (Å²) in [5.41, 5.74) is 10.9. The lowest BCUT2D eigenvalue weighted by molar-refractivity contribution is -0.405. The van der Waals surface area contributed by atoms with Gasteiger partial charge in [-0.05, 0) is 68.4 Å². The lowest BCUT2D eigenvalue weighted by atomic mass is 9.43. The molecule has 5 rings (SSSR count). The van der Waals surface area contributed by atoms with Crippen LogP contribution in [0.3, 0.4) is 0 Å². The molecule has 6 atom stereocenters. The Morgan fingerprint density at radius 2 is 1.97 bits per heavy atom. The van der Waals surface area contributed by atoms with Crippen LogP contribution in [0.1, 0.15) is 58.4 Å². The van der Waals surface area contributed by atoms with Crippen molar-refractivity contribution in [2.24, 2.45) is 23.0 Å². The smallest absolute Gasteiger partial charge is 0.463 e. The van der Waals surface area contributed by atoms with Crippen LogP contribution >= 0.6 is 0 Å². The van der Waals surface area contributed by atoms with Gasteiger partial charge in [0.15, 0.2) is 6.04 Å². The molecular weight excluding hydrogens is 437 g/mol. The van der Waals surface area contributed by atoms with E-state index < -0.39 is 0 Å². The molecule has 3 aliphatic carbocycles. The number of nitrogens with one attached hydrogen (secondary N) is 1. The van der Waals surface area contributed by atoms with Crippen molar-refractivity contribution in [2.45, 2.75) is 82.9 Å². The minimum atomic E-state index is -0.304. The Hall–Kier alpha value is -1.12. The Kier molecular flexibility index (Phi) is 8.55. The predicted octanol–water partition coefficient (Wildman–Crippen LogP) is -0.813. The fraction of sp³-hybridized carbons (Fsp3) is 0.720. The first kappa shape index (κ1) is 26.5. The molecule has 1 aromatic carbocycles. The molecule has 1 heterocycles. The number of rotatable bonds is 10. The number of benzene rings is 1. The van der Waals surface area contributed by atoms with Crippen LogP contribution < -0.4 is 29.2 Å². The first-order valence-electron chi connectivity index (χ1n) is 12.4. The maximum atomic E-state index is 12.7. The number of halogens is 1. The number of quaternary nitrogens is 1. The van der Waals surface area contributed by atoms with Gasteiger partial charge in [0.25, 0.3) is 5.91 Å². The quantitative estimate of drug-likeness (QED) is 0.303. The van der Waals surface area contributed by atoms with Crippen molar-refractivity contribution in [1.29, 1.82) is 0 Å². The maximum Gasteiger partial charge on any atom is 0.463 e. The summed E-state index contributed by atoms with van der Waals surface area (Å²) in [6.45, 7) is 8.19. The zero-order chi connectivity index (χ0) is 22.9. The van der Waals surface area contributed by atoms with Crippen LogP contribution in [0.25, 0.3) is 0 Å². The standard InChI is InChI=1S/C25H40BN3O3.ClH/c1-24(2)18-14-21(24)25(3)22(15-18)31-26(32-25)19(13-17-9-5-4-6-10-17)16-29-23(30)20(28)11-7-8-12-27;/h4-6,9-10,18-22H,7-8,11-16,27-28H2,1-3H3,(H,29,30);1H/t18-,19?,20-,21-,22+,25-;/m0./s1. The summed E-state index contributed by atoms with van der Waals surface area (Å²) < 4.78 is 13.3. The zero-order valence-corrected chi connectivity index (χ0v) is 21.2. The van der Waals surface area contributed by atoms with Crippen LogP contribution in [0.5, 0.6) is 0 Å². The Labute approximate surface area is 205 Å². The molecule has 6 nitrogen and oxygen atoms in total. The van der Waals surface area contributed by atoms with Gasteiger partial charge >= 0.3 is 7.12 Å². The van der Waals surface area contributed by atoms with E-state index >= 15 is 0 Å². The van der Waals surface area contributed by atoms with Gasteiger partial charge in [-0.15, -0.1) is 0 Å². The van der Waals surface area contributed by atoms with Crippen molar-refractivity contribution in [2.75, 3.05) is 13.1 Å². The topological polar surface area (TPSA) is 101 Å². The highest BCUT2D eigenvalue weighted by Crippen LogP contribution is 2.66.